The summed E-state index contributed by atoms with van der Waals surface area (Å²) in [6.45, 7) is 2.05. The minimum atomic E-state index is -3.56. The molecule has 5 nitrogen and oxygen atoms in total. The molecule has 0 heterocycles. The van der Waals surface area contributed by atoms with Gasteiger partial charge >= 0.3 is 0 Å². The summed E-state index contributed by atoms with van der Waals surface area (Å²) in [6, 6.07) is 10.1. The summed E-state index contributed by atoms with van der Waals surface area (Å²) in [5.41, 5.74) is 1.67. The lowest BCUT2D eigenvalue weighted by Gasteiger charge is -2.11. The van der Waals surface area contributed by atoms with E-state index >= 15 is 0 Å². The maximum atomic E-state index is 12.3. The van der Waals surface area contributed by atoms with Gasteiger partial charge in [0.1, 0.15) is 0 Å². The average molecular weight is 370 g/mol. The predicted octanol–water partition coefficient (Wildman–Crippen LogP) is 3.19. The first kappa shape index (κ1) is 18.6. The van der Waals surface area contributed by atoms with Gasteiger partial charge in [-0.3, -0.25) is 0 Å². The van der Waals surface area contributed by atoms with Gasteiger partial charge in [-0.1, -0.05) is 17.7 Å². The van der Waals surface area contributed by atoms with Gasteiger partial charge in [0, 0.05) is 11.6 Å². The molecule has 0 fully saturated rings. The summed E-state index contributed by atoms with van der Waals surface area (Å²) in [5.74, 6) is 1.25. The van der Waals surface area contributed by atoms with Gasteiger partial charge in [0.05, 0.1) is 19.1 Å². The number of aryl methyl sites for hydroxylation is 1. The fourth-order valence-electron chi connectivity index (χ4n) is 2.23. The first-order valence-corrected chi connectivity index (χ1v) is 9.20. The summed E-state index contributed by atoms with van der Waals surface area (Å²) < 4.78 is 37.6. The number of ether oxygens (including phenoxy) is 2. The molecule has 0 saturated heterocycles. The van der Waals surface area contributed by atoms with Crippen LogP contribution in [0.25, 0.3) is 0 Å². The van der Waals surface area contributed by atoms with Crippen molar-refractivity contribution in [1.29, 1.82) is 0 Å². The molecule has 0 aliphatic carbocycles. The largest absolute Gasteiger partial charge is 0.493 e. The fraction of sp³-hybridized carbons (Fsp3) is 0.294. The number of rotatable bonds is 7. The van der Waals surface area contributed by atoms with Crippen LogP contribution in [-0.4, -0.2) is 29.2 Å². The highest BCUT2D eigenvalue weighted by atomic mass is 35.5. The van der Waals surface area contributed by atoms with Crippen LogP contribution in [0.1, 0.15) is 11.1 Å². The molecule has 2 aromatic rings. The smallest absolute Gasteiger partial charge is 0.240 e. The topological polar surface area (TPSA) is 64.6 Å². The Kier molecular flexibility index (Phi) is 6.10. The normalized spacial score (nSPS) is 11.3. The van der Waals surface area contributed by atoms with Gasteiger partial charge in [-0.05, 0) is 54.8 Å². The number of hydrogen-bond donors (Lipinski definition) is 1. The van der Waals surface area contributed by atoms with Crippen LogP contribution in [-0.2, 0) is 16.4 Å². The molecule has 0 aliphatic rings. The molecule has 2 aromatic carbocycles. The van der Waals surface area contributed by atoms with E-state index in [1.54, 1.807) is 39.3 Å². The molecular weight excluding hydrogens is 350 g/mol. The van der Waals surface area contributed by atoms with E-state index in [9.17, 15) is 8.42 Å². The van der Waals surface area contributed by atoms with Gasteiger partial charge in [0.15, 0.2) is 11.5 Å². The zero-order chi connectivity index (χ0) is 17.7. The number of nitrogens with one attached hydrogen (secondary N) is 1. The van der Waals surface area contributed by atoms with E-state index in [1.807, 2.05) is 12.1 Å². The number of hydrogen-bond acceptors (Lipinski definition) is 4. The van der Waals surface area contributed by atoms with Crippen LogP contribution in [0.5, 0.6) is 11.5 Å². The van der Waals surface area contributed by atoms with Crippen molar-refractivity contribution in [3.8, 4) is 11.5 Å². The van der Waals surface area contributed by atoms with Crippen LogP contribution in [0.3, 0.4) is 0 Å². The van der Waals surface area contributed by atoms with Gasteiger partial charge < -0.3 is 9.47 Å². The van der Waals surface area contributed by atoms with Gasteiger partial charge in [-0.25, -0.2) is 13.1 Å². The fourth-order valence-corrected chi connectivity index (χ4v) is 3.47. The van der Waals surface area contributed by atoms with E-state index in [0.717, 1.165) is 11.1 Å². The molecule has 7 heteroatoms. The monoisotopic (exact) mass is 369 g/mol. The molecule has 0 spiro atoms. The second-order valence-electron chi connectivity index (χ2n) is 5.25. The highest BCUT2D eigenvalue weighted by Crippen LogP contribution is 2.27. The van der Waals surface area contributed by atoms with Crippen molar-refractivity contribution in [3.63, 3.8) is 0 Å². The molecule has 1 N–H and O–H groups in total. The van der Waals surface area contributed by atoms with Gasteiger partial charge in [-0.2, -0.15) is 0 Å². The lowest BCUT2D eigenvalue weighted by atomic mass is 10.1. The van der Waals surface area contributed by atoms with E-state index < -0.39 is 10.0 Å². The second-order valence-corrected chi connectivity index (χ2v) is 7.42. The third-order valence-corrected chi connectivity index (χ3v) is 5.48. The number of halogens is 1. The Balaban J connectivity index is 2.04. The first-order valence-electron chi connectivity index (χ1n) is 7.34. The van der Waals surface area contributed by atoms with Crippen molar-refractivity contribution >= 4 is 21.6 Å². The SMILES string of the molecule is COc1ccc(CCNS(=O)(=O)c2ccc(Cl)c(C)c2)cc1OC. The van der Waals surface area contributed by atoms with Gasteiger partial charge in [0.25, 0.3) is 0 Å². The van der Waals surface area contributed by atoms with Crippen LogP contribution in [0, 0.1) is 6.92 Å². The summed E-state index contributed by atoms with van der Waals surface area (Å²) >= 11 is 5.93. The Bertz CT molecular complexity index is 821. The number of benzene rings is 2. The summed E-state index contributed by atoms with van der Waals surface area (Å²) in [6.07, 6.45) is 0.534. The Morgan fingerprint density at radius 1 is 1.04 bits per heavy atom. The van der Waals surface area contributed by atoms with Crippen molar-refractivity contribution < 1.29 is 17.9 Å². The molecule has 2 rings (SSSR count). The molecule has 0 atom stereocenters. The van der Waals surface area contributed by atoms with Crippen molar-refractivity contribution in [2.45, 2.75) is 18.2 Å². The van der Waals surface area contributed by atoms with E-state index in [1.165, 1.54) is 6.07 Å². The maximum absolute atomic E-state index is 12.3. The van der Waals surface area contributed by atoms with Crippen molar-refractivity contribution in [3.05, 3.63) is 52.5 Å². The summed E-state index contributed by atoms with van der Waals surface area (Å²) in [5, 5.41) is 0.541. The third kappa shape index (κ3) is 4.41. The van der Waals surface area contributed by atoms with E-state index in [0.29, 0.717) is 22.9 Å². The lowest BCUT2D eigenvalue weighted by molar-refractivity contribution is 0.354. The molecule has 0 aromatic heterocycles. The minimum Gasteiger partial charge on any atom is -0.493 e. The van der Waals surface area contributed by atoms with Gasteiger partial charge in [0.2, 0.25) is 10.0 Å². The molecule has 0 amide bonds. The van der Waals surface area contributed by atoms with Crippen LogP contribution in [0.2, 0.25) is 5.02 Å². The van der Waals surface area contributed by atoms with Crippen LogP contribution < -0.4 is 14.2 Å². The Labute approximate surface area is 147 Å². The van der Waals surface area contributed by atoms with Crippen LogP contribution in [0.15, 0.2) is 41.3 Å². The second kappa shape index (κ2) is 7.88. The number of methoxy groups -OCH3 is 2. The van der Waals surface area contributed by atoms with Crippen LogP contribution >= 0.6 is 11.6 Å². The predicted molar refractivity (Wildman–Crippen MR) is 94.6 cm³/mol. The Morgan fingerprint density at radius 2 is 1.75 bits per heavy atom. The quantitative estimate of drug-likeness (QED) is 0.814. The zero-order valence-electron chi connectivity index (χ0n) is 13.8. The molecule has 0 bridgehead atoms. The van der Waals surface area contributed by atoms with E-state index in [4.69, 9.17) is 21.1 Å². The van der Waals surface area contributed by atoms with Crippen molar-refractivity contribution in [2.24, 2.45) is 0 Å². The highest BCUT2D eigenvalue weighted by Gasteiger charge is 2.14. The van der Waals surface area contributed by atoms with Crippen molar-refractivity contribution in [2.75, 3.05) is 20.8 Å². The van der Waals surface area contributed by atoms with E-state index in [-0.39, 0.29) is 11.4 Å². The molecule has 0 unspecified atom stereocenters. The summed E-state index contributed by atoms with van der Waals surface area (Å²) in [7, 11) is -0.431. The number of sulfonamides is 1. The Morgan fingerprint density at radius 3 is 2.38 bits per heavy atom. The standard InChI is InChI=1S/C17H20ClNO4S/c1-12-10-14(5-6-15(12)18)24(20,21)19-9-8-13-4-7-16(22-2)17(11-13)23-3/h4-7,10-11,19H,8-9H2,1-3H3. The maximum Gasteiger partial charge on any atom is 0.240 e. The molecule has 0 saturated carbocycles. The zero-order valence-corrected chi connectivity index (χ0v) is 15.4. The summed E-state index contributed by atoms with van der Waals surface area (Å²) in [4.78, 5) is 0.205. The average Bonchev–Trinajstić information content (AvgIpc) is 2.56. The van der Waals surface area contributed by atoms with Gasteiger partial charge in [-0.15, -0.1) is 0 Å². The van der Waals surface area contributed by atoms with Crippen LogP contribution in [0.4, 0.5) is 0 Å². The molecular formula is C17H20ClNO4S. The lowest BCUT2D eigenvalue weighted by Crippen LogP contribution is -2.26. The van der Waals surface area contributed by atoms with E-state index in [2.05, 4.69) is 4.72 Å². The molecule has 0 radical (unpaired) electrons. The molecule has 24 heavy (non-hydrogen) atoms. The molecule has 0 aliphatic heterocycles. The minimum absolute atomic E-state index is 0.205. The highest BCUT2D eigenvalue weighted by molar-refractivity contribution is 7.89. The third-order valence-electron chi connectivity index (χ3n) is 3.59. The van der Waals surface area contributed by atoms with Crippen molar-refractivity contribution in [1.82, 2.24) is 4.72 Å². The first-order chi connectivity index (χ1) is 11.4. The Hall–Kier alpha value is -1.76. The molecule has 130 valence electrons.